The molecule has 1 amide bonds. The van der Waals surface area contributed by atoms with Crippen LogP contribution in [0.5, 0.6) is 11.5 Å². The third kappa shape index (κ3) is 3.07. The number of carbonyl (C=O) groups excluding carboxylic acids is 1. The van der Waals surface area contributed by atoms with Gasteiger partial charge in [-0.1, -0.05) is 30.3 Å². The van der Waals surface area contributed by atoms with Gasteiger partial charge in [-0.3, -0.25) is 4.79 Å². The highest BCUT2D eigenvalue weighted by molar-refractivity contribution is 5.79. The van der Waals surface area contributed by atoms with Crippen molar-refractivity contribution in [1.29, 1.82) is 0 Å². The zero-order valence-electron chi connectivity index (χ0n) is 16.6. The average Bonchev–Trinajstić information content (AvgIpc) is 3.30. The van der Waals surface area contributed by atoms with Crippen molar-refractivity contribution >= 4 is 5.91 Å². The Hall–Kier alpha value is -2.57. The fourth-order valence-corrected chi connectivity index (χ4v) is 5.26. The van der Waals surface area contributed by atoms with E-state index in [4.69, 9.17) is 14.2 Å². The maximum absolute atomic E-state index is 13.0. The number of rotatable bonds is 4. The SMILES string of the molecule is CO[C@@H]1[C@@H](NC(=O)Cc2ccc3c(c2)OCO3)c2ccccc2C12CCNCC2. The van der Waals surface area contributed by atoms with E-state index in [1.54, 1.807) is 7.11 Å². The molecule has 0 unspecified atom stereocenters. The molecule has 29 heavy (non-hydrogen) atoms. The van der Waals surface area contributed by atoms with E-state index in [0.29, 0.717) is 12.2 Å². The minimum Gasteiger partial charge on any atom is -0.454 e. The number of carbonyl (C=O) groups is 1. The quantitative estimate of drug-likeness (QED) is 0.834. The summed E-state index contributed by atoms with van der Waals surface area (Å²) in [4.78, 5) is 13.0. The van der Waals surface area contributed by atoms with Gasteiger partial charge in [0.1, 0.15) is 0 Å². The van der Waals surface area contributed by atoms with Crippen LogP contribution in [0.25, 0.3) is 0 Å². The lowest BCUT2D eigenvalue weighted by Gasteiger charge is -2.40. The first kappa shape index (κ1) is 18.5. The van der Waals surface area contributed by atoms with Gasteiger partial charge < -0.3 is 24.8 Å². The van der Waals surface area contributed by atoms with E-state index in [9.17, 15) is 4.79 Å². The second kappa shape index (κ2) is 7.35. The van der Waals surface area contributed by atoms with Crippen LogP contribution >= 0.6 is 0 Å². The van der Waals surface area contributed by atoms with E-state index >= 15 is 0 Å². The van der Waals surface area contributed by atoms with Gasteiger partial charge >= 0.3 is 0 Å². The largest absolute Gasteiger partial charge is 0.454 e. The summed E-state index contributed by atoms with van der Waals surface area (Å²) in [6.07, 6.45) is 2.25. The molecular formula is C23H26N2O4. The highest BCUT2D eigenvalue weighted by Gasteiger charge is 2.53. The third-order valence-corrected chi connectivity index (χ3v) is 6.55. The molecule has 1 fully saturated rings. The summed E-state index contributed by atoms with van der Waals surface area (Å²) in [6.45, 7) is 2.16. The summed E-state index contributed by atoms with van der Waals surface area (Å²) in [5.41, 5.74) is 3.36. The van der Waals surface area contributed by atoms with Gasteiger partial charge in [0.05, 0.1) is 18.6 Å². The Kier molecular flexibility index (Phi) is 4.68. The Bertz CT molecular complexity index is 923. The van der Waals surface area contributed by atoms with E-state index < -0.39 is 0 Å². The molecule has 6 nitrogen and oxygen atoms in total. The van der Waals surface area contributed by atoms with E-state index in [0.717, 1.165) is 37.2 Å². The minimum absolute atomic E-state index is 0.0169. The summed E-state index contributed by atoms with van der Waals surface area (Å²) in [7, 11) is 1.76. The van der Waals surface area contributed by atoms with Crippen LogP contribution < -0.4 is 20.1 Å². The fraction of sp³-hybridized carbons (Fsp3) is 0.435. The van der Waals surface area contributed by atoms with Crippen molar-refractivity contribution in [3.8, 4) is 11.5 Å². The molecule has 6 heteroatoms. The number of hydrogen-bond donors (Lipinski definition) is 2. The van der Waals surface area contributed by atoms with Crippen molar-refractivity contribution in [2.75, 3.05) is 27.0 Å². The van der Waals surface area contributed by atoms with Gasteiger partial charge in [-0.25, -0.2) is 0 Å². The van der Waals surface area contributed by atoms with Gasteiger partial charge in [-0.05, 0) is 54.8 Å². The van der Waals surface area contributed by atoms with Crippen LogP contribution in [0.2, 0.25) is 0 Å². The predicted octanol–water partition coefficient (Wildman–Crippen LogP) is 2.47. The molecule has 0 saturated carbocycles. The zero-order chi connectivity index (χ0) is 19.8. The molecule has 2 aliphatic heterocycles. The van der Waals surface area contributed by atoms with Crippen LogP contribution in [0.15, 0.2) is 42.5 Å². The monoisotopic (exact) mass is 394 g/mol. The Labute approximate surface area is 170 Å². The Balaban J connectivity index is 1.39. The molecule has 152 valence electrons. The predicted molar refractivity (Wildman–Crippen MR) is 108 cm³/mol. The first-order valence-corrected chi connectivity index (χ1v) is 10.2. The molecular weight excluding hydrogens is 368 g/mol. The smallest absolute Gasteiger partial charge is 0.231 e. The molecule has 2 aromatic carbocycles. The average molecular weight is 394 g/mol. The molecule has 1 spiro atoms. The first-order valence-electron chi connectivity index (χ1n) is 10.2. The third-order valence-electron chi connectivity index (χ3n) is 6.55. The van der Waals surface area contributed by atoms with E-state index in [1.165, 1.54) is 11.1 Å². The van der Waals surface area contributed by atoms with E-state index in [2.05, 4.69) is 28.8 Å². The maximum atomic E-state index is 13.0. The Morgan fingerprint density at radius 3 is 2.79 bits per heavy atom. The number of methoxy groups -OCH3 is 1. The number of piperidine rings is 1. The first-order chi connectivity index (χ1) is 14.2. The molecule has 0 radical (unpaired) electrons. The summed E-state index contributed by atoms with van der Waals surface area (Å²) in [5, 5.41) is 6.72. The molecule has 0 bridgehead atoms. The molecule has 1 aliphatic carbocycles. The fourth-order valence-electron chi connectivity index (χ4n) is 5.26. The van der Waals surface area contributed by atoms with Gasteiger partial charge in [-0.2, -0.15) is 0 Å². The van der Waals surface area contributed by atoms with E-state index in [-0.39, 0.29) is 30.3 Å². The topological polar surface area (TPSA) is 68.8 Å². The van der Waals surface area contributed by atoms with Gasteiger partial charge in [0.25, 0.3) is 0 Å². The van der Waals surface area contributed by atoms with Crippen LogP contribution in [-0.4, -0.2) is 39.0 Å². The Morgan fingerprint density at radius 2 is 1.97 bits per heavy atom. The molecule has 0 aromatic heterocycles. The zero-order valence-corrected chi connectivity index (χ0v) is 16.6. The van der Waals surface area contributed by atoms with Crippen LogP contribution in [0.1, 0.15) is 35.6 Å². The lowest BCUT2D eigenvalue weighted by molar-refractivity contribution is -0.122. The number of ether oxygens (including phenoxy) is 3. The second-order valence-corrected chi connectivity index (χ2v) is 8.06. The van der Waals surface area contributed by atoms with Crippen molar-refractivity contribution in [3.05, 3.63) is 59.2 Å². The Morgan fingerprint density at radius 1 is 1.17 bits per heavy atom. The van der Waals surface area contributed by atoms with Crippen LogP contribution in [0.3, 0.4) is 0 Å². The van der Waals surface area contributed by atoms with Crippen molar-refractivity contribution in [1.82, 2.24) is 10.6 Å². The lowest BCUT2D eigenvalue weighted by Crippen LogP contribution is -2.49. The van der Waals surface area contributed by atoms with Gasteiger partial charge in [0.15, 0.2) is 11.5 Å². The minimum atomic E-state index is -0.143. The highest BCUT2D eigenvalue weighted by atomic mass is 16.7. The van der Waals surface area contributed by atoms with Crippen molar-refractivity contribution in [2.24, 2.45) is 0 Å². The van der Waals surface area contributed by atoms with Crippen LogP contribution in [0.4, 0.5) is 0 Å². The number of benzene rings is 2. The lowest BCUT2D eigenvalue weighted by atomic mass is 9.72. The molecule has 2 aromatic rings. The summed E-state index contributed by atoms with van der Waals surface area (Å²) in [5.74, 6) is 1.41. The van der Waals surface area contributed by atoms with Gasteiger partial charge in [0, 0.05) is 12.5 Å². The molecule has 1 saturated heterocycles. The van der Waals surface area contributed by atoms with Crippen molar-refractivity contribution < 1.29 is 19.0 Å². The summed E-state index contributed by atoms with van der Waals surface area (Å²) < 4.78 is 16.8. The number of nitrogens with one attached hydrogen (secondary N) is 2. The standard InChI is InChI=1S/C23H26N2O4/c1-27-22-21(16-4-2-3-5-17(16)23(22)8-10-24-11-9-23)25-20(26)13-15-6-7-18-19(12-15)29-14-28-18/h2-7,12,21-22,24H,8-11,13-14H2,1H3,(H,25,26)/t21-,22+/m0/s1. The number of fused-ring (bicyclic) bond motifs is 3. The number of hydrogen-bond acceptors (Lipinski definition) is 5. The highest BCUT2D eigenvalue weighted by Crippen LogP contribution is 2.51. The summed E-state index contributed by atoms with van der Waals surface area (Å²) in [6, 6.07) is 14.0. The molecule has 2 atom stereocenters. The number of amides is 1. The summed E-state index contributed by atoms with van der Waals surface area (Å²) >= 11 is 0. The van der Waals surface area contributed by atoms with Crippen molar-refractivity contribution in [2.45, 2.75) is 36.8 Å². The van der Waals surface area contributed by atoms with Crippen LogP contribution in [0, 0.1) is 0 Å². The normalized spacial score (nSPS) is 23.8. The molecule has 3 aliphatic rings. The van der Waals surface area contributed by atoms with E-state index in [1.807, 2.05) is 24.3 Å². The molecule has 2 N–H and O–H groups in total. The van der Waals surface area contributed by atoms with Gasteiger partial charge in [-0.15, -0.1) is 0 Å². The molecule has 5 rings (SSSR count). The second-order valence-electron chi connectivity index (χ2n) is 8.06. The van der Waals surface area contributed by atoms with Crippen molar-refractivity contribution in [3.63, 3.8) is 0 Å². The van der Waals surface area contributed by atoms with Gasteiger partial charge in [0.2, 0.25) is 12.7 Å². The van der Waals surface area contributed by atoms with Crippen LogP contribution in [-0.2, 0) is 21.4 Å². The maximum Gasteiger partial charge on any atom is 0.231 e. The molecule has 2 heterocycles.